The summed E-state index contributed by atoms with van der Waals surface area (Å²) in [4.78, 5) is 16.3. The van der Waals surface area contributed by atoms with Crippen LogP contribution in [0.1, 0.15) is 41.7 Å². The molecule has 1 aliphatic carbocycles. The van der Waals surface area contributed by atoms with Crippen LogP contribution in [0.25, 0.3) is 21.7 Å². The molecule has 7 heteroatoms. The van der Waals surface area contributed by atoms with Crippen molar-refractivity contribution in [3.05, 3.63) is 87.0 Å². The van der Waals surface area contributed by atoms with E-state index in [-0.39, 0.29) is 5.56 Å². The van der Waals surface area contributed by atoms with Crippen molar-refractivity contribution in [3.63, 3.8) is 0 Å². The summed E-state index contributed by atoms with van der Waals surface area (Å²) in [6.45, 7) is 2.25. The van der Waals surface area contributed by atoms with Crippen LogP contribution in [0.15, 0.2) is 70.6 Å². The molecule has 3 heterocycles. The Bertz CT molecular complexity index is 1500. The number of aromatic nitrogens is 4. The molecule has 0 saturated carbocycles. The first-order valence-electron chi connectivity index (χ1n) is 11.4. The van der Waals surface area contributed by atoms with E-state index < -0.39 is 0 Å². The first kappa shape index (κ1) is 20.7. The molecule has 0 unspecified atom stereocenters. The van der Waals surface area contributed by atoms with E-state index in [0.717, 1.165) is 46.1 Å². The van der Waals surface area contributed by atoms with Crippen molar-refractivity contribution in [2.24, 2.45) is 0 Å². The van der Waals surface area contributed by atoms with Gasteiger partial charge in [-0.2, -0.15) is 0 Å². The SMILES string of the molecule is C[C@H]1CCCc2sc3c(c21)c(=O)n(-c1ccccc1)c1nnc(SCCc2ccccc2)n31. The number of hydrogen-bond acceptors (Lipinski definition) is 5. The lowest BCUT2D eigenvalue weighted by molar-refractivity contribution is 0.601. The van der Waals surface area contributed by atoms with E-state index in [1.165, 1.54) is 22.4 Å². The molecule has 0 aliphatic heterocycles. The molecule has 5 nitrogen and oxygen atoms in total. The zero-order valence-electron chi connectivity index (χ0n) is 18.4. The van der Waals surface area contributed by atoms with Crippen molar-refractivity contribution >= 4 is 39.1 Å². The standard InChI is InChI=1S/C26H24N4OS2/c1-17-9-8-14-20-21(17)22-23(31)29(19-12-6-3-7-13-19)25-27-28-26(30(25)24(22)33-20)32-16-15-18-10-4-2-5-11-18/h2-7,10-13,17H,8-9,14-16H2,1H3/t17-/m0/s1. The van der Waals surface area contributed by atoms with Gasteiger partial charge in [-0.05, 0) is 54.9 Å². The summed E-state index contributed by atoms with van der Waals surface area (Å²) in [7, 11) is 0. The largest absolute Gasteiger partial charge is 0.268 e. The molecule has 5 aromatic rings. The average Bonchev–Trinajstić information content (AvgIpc) is 3.43. The fraction of sp³-hybridized carbons (Fsp3) is 0.269. The molecule has 6 rings (SSSR count). The molecule has 3 aromatic heterocycles. The first-order valence-corrected chi connectivity index (χ1v) is 13.2. The number of aryl methyl sites for hydroxylation is 2. The van der Waals surface area contributed by atoms with E-state index >= 15 is 0 Å². The van der Waals surface area contributed by atoms with Crippen molar-refractivity contribution in [3.8, 4) is 5.69 Å². The maximum Gasteiger partial charge on any atom is 0.268 e. The van der Waals surface area contributed by atoms with Gasteiger partial charge in [0, 0.05) is 10.6 Å². The fourth-order valence-corrected chi connectivity index (χ4v) is 7.29. The Balaban J connectivity index is 1.55. The van der Waals surface area contributed by atoms with Crippen molar-refractivity contribution in [2.75, 3.05) is 5.75 Å². The molecule has 0 N–H and O–H groups in total. The van der Waals surface area contributed by atoms with Gasteiger partial charge in [0.05, 0.1) is 11.1 Å². The smallest absolute Gasteiger partial charge is 0.268 e. The summed E-state index contributed by atoms with van der Waals surface area (Å²) in [6.07, 6.45) is 4.31. The summed E-state index contributed by atoms with van der Waals surface area (Å²) in [5, 5.41) is 10.8. The Morgan fingerprint density at radius 3 is 2.61 bits per heavy atom. The van der Waals surface area contributed by atoms with Gasteiger partial charge in [0.15, 0.2) is 5.16 Å². The maximum atomic E-state index is 13.9. The second kappa shape index (κ2) is 8.47. The summed E-state index contributed by atoms with van der Waals surface area (Å²) in [6, 6.07) is 20.3. The van der Waals surface area contributed by atoms with Gasteiger partial charge in [0.1, 0.15) is 4.83 Å². The average molecular weight is 473 g/mol. The lowest BCUT2D eigenvalue weighted by atomic mass is 9.88. The van der Waals surface area contributed by atoms with Gasteiger partial charge in [0.25, 0.3) is 5.56 Å². The number of nitrogens with zero attached hydrogens (tertiary/aromatic N) is 4. The van der Waals surface area contributed by atoms with Gasteiger partial charge < -0.3 is 0 Å². The molecule has 1 aliphatic rings. The molecule has 0 amide bonds. The molecule has 0 saturated heterocycles. The Morgan fingerprint density at radius 1 is 1.06 bits per heavy atom. The van der Waals surface area contributed by atoms with Crippen LogP contribution in [-0.2, 0) is 12.8 Å². The third-order valence-corrected chi connectivity index (χ3v) is 8.63. The zero-order valence-corrected chi connectivity index (χ0v) is 20.0. The molecular formula is C26H24N4OS2. The van der Waals surface area contributed by atoms with Crippen molar-refractivity contribution < 1.29 is 0 Å². The van der Waals surface area contributed by atoms with E-state index in [9.17, 15) is 4.79 Å². The minimum atomic E-state index is 0.0168. The summed E-state index contributed by atoms with van der Waals surface area (Å²) >= 11 is 3.46. The highest BCUT2D eigenvalue weighted by molar-refractivity contribution is 7.99. The van der Waals surface area contributed by atoms with Gasteiger partial charge in [0.2, 0.25) is 5.78 Å². The lowest BCUT2D eigenvalue weighted by Gasteiger charge is -2.18. The van der Waals surface area contributed by atoms with Crippen LogP contribution in [0.2, 0.25) is 0 Å². The summed E-state index contributed by atoms with van der Waals surface area (Å²) in [5.41, 5.74) is 3.39. The molecule has 2 aromatic carbocycles. The minimum Gasteiger partial charge on any atom is -0.268 e. The Labute approximate surface area is 200 Å². The van der Waals surface area contributed by atoms with Crippen LogP contribution in [0.5, 0.6) is 0 Å². The number of benzene rings is 2. The monoisotopic (exact) mass is 472 g/mol. The highest BCUT2D eigenvalue weighted by atomic mass is 32.2. The second-order valence-corrected chi connectivity index (χ2v) is 10.7. The maximum absolute atomic E-state index is 13.9. The highest BCUT2D eigenvalue weighted by Gasteiger charge is 2.28. The molecule has 1 atom stereocenters. The van der Waals surface area contributed by atoms with Gasteiger partial charge in [-0.15, -0.1) is 21.5 Å². The van der Waals surface area contributed by atoms with E-state index in [1.807, 2.05) is 36.4 Å². The molecular weight excluding hydrogens is 448 g/mol. The van der Waals surface area contributed by atoms with E-state index in [4.69, 9.17) is 0 Å². The Kier molecular flexibility index (Phi) is 5.31. The van der Waals surface area contributed by atoms with Crippen LogP contribution in [0.3, 0.4) is 0 Å². The fourth-order valence-electron chi connectivity index (χ4n) is 4.86. The Morgan fingerprint density at radius 2 is 1.82 bits per heavy atom. The quantitative estimate of drug-likeness (QED) is 0.300. The third-order valence-electron chi connectivity index (χ3n) is 6.45. The number of para-hydroxylation sites is 1. The summed E-state index contributed by atoms with van der Waals surface area (Å²) in [5.74, 6) is 1.88. The minimum absolute atomic E-state index is 0.0168. The predicted molar refractivity (Wildman–Crippen MR) is 136 cm³/mol. The van der Waals surface area contributed by atoms with E-state index in [1.54, 1.807) is 27.7 Å². The number of fused-ring (bicyclic) bond motifs is 5. The van der Waals surface area contributed by atoms with Crippen molar-refractivity contribution in [2.45, 2.75) is 43.7 Å². The van der Waals surface area contributed by atoms with Crippen LogP contribution in [0.4, 0.5) is 0 Å². The first-order chi connectivity index (χ1) is 16.2. The zero-order chi connectivity index (χ0) is 22.4. The predicted octanol–water partition coefficient (Wildman–Crippen LogP) is 5.87. The molecule has 33 heavy (non-hydrogen) atoms. The van der Waals surface area contributed by atoms with Gasteiger partial charge in [-0.3, -0.25) is 4.79 Å². The van der Waals surface area contributed by atoms with Crippen LogP contribution in [-0.4, -0.2) is 24.9 Å². The number of thiophene rings is 1. The normalized spacial score (nSPS) is 15.8. The molecule has 0 bridgehead atoms. The summed E-state index contributed by atoms with van der Waals surface area (Å²) < 4.78 is 3.86. The van der Waals surface area contributed by atoms with E-state index in [2.05, 4.69) is 45.8 Å². The molecule has 0 fully saturated rings. The number of rotatable bonds is 5. The highest BCUT2D eigenvalue weighted by Crippen LogP contribution is 2.41. The third kappa shape index (κ3) is 3.50. The molecule has 0 radical (unpaired) electrons. The number of hydrogen-bond donors (Lipinski definition) is 0. The topological polar surface area (TPSA) is 52.2 Å². The molecule has 166 valence electrons. The second-order valence-electron chi connectivity index (χ2n) is 8.59. The van der Waals surface area contributed by atoms with Gasteiger partial charge in [-0.1, -0.05) is 67.2 Å². The van der Waals surface area contributed by atoms with Gasteiger partial charge >= 0.3 is 0 Å². The molecule has 0 spiro atoms. The van der Waals surface area contributed by atoms with E-state index in [0.29, 0.717) is 11.7 Å². The van der Waals surface area contributed by atoms with Crippen LogP contribution < -0.4 is 5.56 Å². The van der Waals surface area contributed by atoms with Crippen LogP contribution in [0, 0.1) is 0 Å². The van der Waals surface area contributed by atoms with Crippen molar-refractivity contribution in [1.29, 1.82) is 0 Å². The van der Waals surface area contributed by atoms with Gasteiger partial charge in [-0.25, -0.2) is 8.97 Å². The van der Waals surface area contributed by atoms with Crippen molar-refractivity contribution in [1.82, 2.24) is 19.2 Å². The Hall–Kier alpha value is -2.90. The van der Waals surface area contributed by atoms with Crippen LogP contribution >= 0.6 is 23.1 Å². The number of thioether (sulfide) groups is 1. The lowest BCUT2D eigenvalue weighted by Crippen LogP contribution is -2.22.